The Bertz CT molecular complexity index is 818. The first-order valence-electron chi connectivity index (χ1n) is 7.33. The minimum absolute atomic E-state index is 0.144. The van der Waals surface area contributed by atoms with Crippen molar-refractivity contribution in [2.45, 2.75) is 18.7 Å². The van der Waals surface area contributed by atoms with E-state index in [4.69, 9.17) is 4.74 Å². The number of esters is 1. The van der Waals surface area contributed by atoms with Gasteiger partial charge in [-0.1, -0.05) is 13.8 Å². The first-order chi connectivity index (χ1) is 11.4. The molecule has 6 nitrogen and oxygen atoms in total. The monoisotopic (exact) mass is 412 g/mol. The smallest absolute Gasteiger partial charge is 0.343 e. The molecule has 0 fully saturated rings. The fourth-order valence-corrected chi connectivity index (χ4v) is 3.87. The van der Waals surface area contributed by atoms with Crippen LogP contribution < -0.4 is 4.74 Å². The number of sulfonamides is 1. The molecule has 0 amide bonds. The van der Waals surface area contributed by atoms with Gasteiger partial charge in [0.05, 0.1) is 10.5 Å². The molecule has 1 aromatic heterocycles. The van der Waals surface area contributed by atoms with Crippen LogP contribution in [0.3, 0.4) is 0 Å². The van der Waals surface area contributed by atoms with Crippen LogP contribution in [0.1, 0.15) is 24.2 Å². The maximum Gasteiger partial charge on any atom is 0.343 e. The summed E-state index contributed by atoms with van der Waals surface area (Å²) in [6, 6.07) is 8.93. The molecule has 1 aromatic carbocycles. The lowest BCUT2D eigenvalue weighted by molar-refractivity contribution is 0.0732. The second kappa shape index (κ2) is 7.87. The zero-order valence-corrected chi connectivity index (χ0v) is 15.7. The van der Waals surface area contributed by atoms with E-state index < -0.39 is 16.0 Å². The molecule has 1 heterocycles. The summed E-state index contributed by atoms with van der Waals surface area (Å²) < 4.78 is 31.8. The van der Waals surface area contributed by atoms with Crippen molar-refractivity contribution in [3.8, 4) is 5.75 Å². The molecule has 0 aliphatic rings. The number of rotatable bonds is 6. The number of hydrogen-bond donors (Lipinski definition) is 0. The van der Waals surface area contributed by atoms with E-state index in [0.29, 0.717) is 23.4 Å². The van der Waals surface area contributed by atoms with Crippen LogP contribution in [0.5, 0.6) is 5.75 Å². The zero-order valence-electron chi connectivity index (χ0n) is 13.3. The fourth-order valence-electron chi connectivity index (χ4n) is 2.08. The molecule has 2 rings (SSSR count). The van der Waals surface area contributed by atoms with Crippen LogP contribution in [0.15, 0.2) is 52.1 Å². The van der Waals surface area contributed by atoms with Gasteiger partial charge in [-0.25, -0.2) is 18.2 Å². The number of hydrogen-bond acceptors (Lipinski definition) is 5. The Balaban J connectivity index is 2.20. The standard InChI is InChI=1S/C16H17BrN2O4S/c1-3-19(4-2)24(21,22)13-9-7-12(8-10-13)16(20)23-14-6-5-11-18-15(14)17/h5-11H,3-4H2,1-2H3. The van der Waals surface area contributed by atoms with Crippen molar-refractivity contribution in [2.75, 3.05) is 13.1 Å². The highest BCUT2D eigenvalue weighted by atomic mass is 79.9. The van der Waals surface area contributed by atoms with Gasteiger partial charge in [-0.15, -0.1) is 0 Å². The molecule has 128 valence electrons. The molecule has 0 radical (unpaired) electrons. The summed E-state index contributed by atoms with van der Waals surface area (Å²) in [5.74, 6) is -0.294. The molecule has 0 atom stereocenters. The van der Waals surface area contributed by atoms with E-state index in [0.717, 1.165) is 0 Å². The van der Waals surface area contributed by atoms with Gasteiger partial charge in [-0.3, -0.25) is 0 Å². The minimum atomic E-state index is -3.55. The quantitative estimate of drug-likeness (QED) is 0.537. The zero-order chi connectivity index (χ0) is 17.7. The van der Waals surface area contributed by atoms with Gasteiger partial charge in [-0.05, 0) is 52.3 Å². The highest BCUT2D eigenvalue weighted by Gasteiger charge is 2.22. The summed E-state index contributed by atoms with van der Waals surface area (Å²) >= 11 is 3.19. The van der Waals surface area contributed by atoms with E-state index in [1.165, 1.54) is 28.6 Å². The van der Waals surface area contributed by atoms with Crippen molar-refractivity contribution in [2.24, 2.45) is 0 Å². The lowest BCUT2D eigenvalue weighted by Crippen LogP contribution is -2.30. The highest BCUT2D eigenvalue weighted by Crippen LogP contribution is 2.23. The van der Waals surface area contributed by atoms with Gasteiger partial charge in [0.2, 0.25) is 10.0 Å². The lowest BCUT2D eigenvalue weighted by atomic mass is 10.2. The summed E-state index contributed by atoms with van der Waals surface area (Å²) in [5, 5.41) is 0. The number of carbonyl (C=O) groups is 1. The van der Waals surface area contributed by atoms with Gasteiger partial charge in [0.1, 0.15) is 4.60 Å². The molecule has 0 bridgehead atoms. The highest BCUT2D eigenvalue weighted by molar-refractivity contribution is 9.10. The molecular formula is C16H17BrN2O4S. The van der Waals surface area contributed by atoms with Crippen LogP contribution in [-0.2, 0) is 10.0 Å². The number of pyridine rings is 1. The van der Waals surface area contributed by atoms with Crippen LogP contribution in [0.2, 0.25) is 0 Å². The normalized spacial score (nSPS) is 11.5. The number of benzene rings is 1. The molecule has 0 saturated carbocycles. The maximum atomic E-state index is 12.4. The van der Waals surface area contributed by atoms with Gasteiger partial charge >= 0.3 is 5.97 Å². The van der Waals surface area contributed by atoms with Crippen LogP contribution in [-0.4, -0.2) is 36.8 Å². The first kappa shape index (κ1) is 18.6. The Kier molecular flexibility index (Phi) is 6.09. The molecule has 0 saturated heterocycles. The SMILES string of the molecule is CCN(CC)S(=O)(=O)c1ccc(C(=O)Oc2cccnc2Br)cc1. The van der Waals surface area contributed by atoms with Crippen molar-refractivity contribution in [3.05, 3.63) is 52.8 Å². The molecule has 24 heavy (non-hydrogen) atoms. The van der Waals surface area contributed by atoms with Crippen LogP contribution in [0.4, 0.5) is 0 Å². The van der Waals surface area contributed by atoms with Crippen molar-refractivity contribution < 1.29 is 17.9 Å². The van der Waals surface area contributed by atoms with Crippen molar-refractivity contribution >= 4 is 31.9 Å². The Morgan fingerprint density at radius 3 is 2.33 bits per heavy atom. The summed E-state index contributed by atoms with van der Waals surface area (Å²) in [5.41, 5.74) is 0.254. The molecule has 0 spiro atoms. The summed E-state index contributed by atoms with van der Waals surface area (Å²) in [4.78, 5) is 16.3. The van der Waals surface area contributed by atoms with Crippen molar-refractivity contribution in [1.29, 1.82) is 0 Å². The second-order valence-electron chi connectivity index (χ2n) is 4.80. The number of ether oxygens (including phenoxy) is 1. The van der Waals surface area contributed by atoms with Crippen LogP contribution >= 0.6 is 15.9 Å². The summed E-state index contributed by atoms with van der Waals surface area (Å²) in [7, 11) is -3.55. The predicted molar refractivity (Wildman–Crippen MR) is 93.4 cm³/mol. The minimum Gasteiger partial charge on any atom is -0.420 e. The third kappa shape index (κ3) is 4.00. The van der Waals surface area contributed by atoms with Gasteiger partial charge in [0.15, 0.2) is 5.75 Å². The third-order valence-corrected chi connectivity index (χ3v) is 6.02. The second-order valence-corrected chi connectivity index (χ2v) is 7.48. The van der Waals surface area contributed by atoms with Gasteiger partial charge in [0.25, 0.3) is 0 Å². The Hall–Kier alpha value is -1.77. The number of carbonyl (C=O) groups excluding carboxylic acids is 1. The molecule has 0 aliphatic heterocycles. The molecule has 8 heteroatoms. The topological polar surface area (TPSA) is 76.6 Å². The number of nitrogens with zero attached hydrogens (tertiary/aromatic N) is 2. The van der Waals surface area contributed by atoms with Crippen LogP contribution in [0, 0.1) is 0 Å². The average Bonchev–Trinajstić information content (AvgIpc) is 2.58. The number of aromatic nitrogens is 1. The van der Waals surface area contributed by atoms with E-state index in [1.54, 1.807) is 32.2 Å². The van der Waals surface area contributed by atoms with E-state index in [2.05, 4.69) is 20.9 Å². The largest absolute Gasteiger partial charge is 0.420 e. The predicted octanol–water partition coefficient (Wildman–Crippen LogP) is 3.09. The fraction of sp³-hybridized carbons (Fsp3) is 0.250. The van der Waals surface area contributed by atoms with Crippen molar-refractivity contribution in [1.82, 2.24) is 9.29 Å². The Morgan fingerprint density at radius 2 is 1.79 bits per heavy atom. The lowest BCUT2D eigenvalue weighted by Gasteiger charge is -2.18. The van der Waals surface area contributed by atoms with E-state index in [1.807, 2.05) is 0 Å². The number of halogens is 1. The summed E-state index contributed by atoms with van der Waals surface area (Å²) in [6.45, 7) is 4.33. The van der Waals surface area contributed by atoms with E-state index >= 15 is 0 Å². The van der Waals surface area contributed by atoms with Gasteiger partial charge in [0, 0.05) is 19.3 Å². The maximum absolute atomic E-state index is 12.4. The Labute approximate surface area is 149 Å². The van der Waals surface area contributed by atoms with Crippen molar-refractivity contribution in [3.63, 3.8) is 0 Å². The van der Waals surface area contributed by atoms with Crippen LogP contribution in [0.25, 0.3) is 0 Å². The third-order valence-electron chi connectivity index (χ3n) is 3.36. The molecule has 0 N–H and O–H groups in total. The molecule has 2 aromatic rings. The van der Waals surface area contributed by atoms with E-state index in [-0.39, 0.29) is 10.5 Å². The summed E-state index contributed by atoms with van der Waals surface area (Å²) in [6.07, 6.45) is 1.56. The van der Waals surface area contributed by atoms with E-state index in [9.17, 15) is 13.2 Å². The Morgan fingerprint density at radius 1 is 1.17 bits per heavy atom. The van der Waals surface area contributed by atoms with Gasteiger partial charge in [-0.2, -0.15) is 4.31 Å². The average molecular weight is 413 g/mol. The molecular weight excluding hydrogens is 396 g/mol. The first-order valence-corrected chi connectivity index (χ1v) is 9.56. The molecule has 0 aliphatic carbocycles. The molecule has 0 unspecified atom stereocenters. The van der Waals surface area contributed by atoms with Gasteiger partial charge < -0.3 is 4.74 Å².